The summed E-state index contributed by atoms with van der Waals surface area (Å²) in [6.45, 7) is 1.19. The summed E-state index contributed by atoms with van der Waals surface area (Å²) >= 11 is 0. The van der Waals surface area contributed by atoms with Gasteiger partial charge in [0.15, 0.2) is 6.61 Å². The van der Waals surface area contributed by atoms with Crippen LogP contribution in [0.25, 0.3) is 0 Å². The highest BCUT2D eigenvalue weighted by molar-refractivity contribution is 5.96. The van der Waals surface area contributed by atoms with Gasteiger partial charge in [0.25, 0.3) is 5.91 Å². The molecule has 0 spiro atoms. The Morgan fingerprint density at radius 1 is 0.933 bits per heavy atom. The molecule has 2 aromatic rings. The van der Waals surface area contributed by atoms with E-state index in [0.717, 1.165) is 12.1 Å². The predicted molar refractivity (Wildman–Crippen MR) is 99.1 cm³/mol. The van der Waals surface area contributed by atoms with Gasteiger partial charge in [0.2, 0.25) is 0 Å². The van der Waals surface area contributed by atoms with Crippen molar-refractivity contribution in [1.29, 1.82) is 0 Å². The summed E-state index contributed by atoms with van der Waals surface area (Å²) in [5.41, 5.74) is 0.575. The third kappa shape index (κ3) is 7.70. The number of rotatable bonds is 7. The van der Waals surface area contributed by atoms with E-state index in [-0.39, 0.29) is 17.9 Å². The first-order valence-corrected chi connectivity index (χ1v) is 8.53. The van der Waals surface area contributed by atoms with Crippen molar-refractivity contribution < 1.29 is 41.8 Å². The monoisotopic (exact) mass is 426 g/mol. The summed E-state index contributed by atoms with van der Waals surface area (Å²) in [6, 6.07) is 10.3. The number of carbonyl (C=O) groups is 3. The fourth-order valence-electron chi connectivity index (χ4n) is 2.16. The smallest absolute Gasteiger partial charge is 0.452 e. The number of anilines is 2. The van der Waals surface area contributed by atoms with Crippen molar-refractivity contribution in [2.75, 3.05) is 23.8 Å². The van der Waals surface area contributed by atoms with Gasteiger partial charge in [-0.2, -0.15) is 0 Å². The van der Waals surface area contributed by atoms with E-state index in [0.29, 0.717) is 5.69 Å². The van der Waals surface area contributed by atoms with Gasteiger partial charge < -0.3 is 19.5 Å². The van der Waals surface area contributed by atoms with Gasteiger partial charge in [-0.3, -0.25) is 10.1 Å². The lowest BCUT2D eigenvalue weighted by Crippen LogP contribution is -2.21. The zero-order chi connectivity index (χ0) is 22.1. The van der Waals surface area contributed by atoms with E-state index >= 15 is 0 Å². The topological polar surface area (TPSA) is 103 Å². The molecule has 8 nitrogen and oxygen atoms in total. The number of alkyl halides is 3. The summed E-state index contributed by atoms with van der Waals surface area (Å²) < 4.78 is 49.7. The average Bonchev–Trinajstić information content (AvgIpc) is 2.67. The van der Waals surface area contributed by atoms with Crippen LogP contribution in [0.2, 0.25) is 0 Å². The number of carbonyl (C=O) groups excluding carboxylic acids is 3. The summed E-state index contributed by atoms with van der Waals surface area (Å²) in [6.07, 6.45) is -5.50. The van der Waals surface area contributed by atoms with Crippen LogP contribution in [-0.2, 0) is 14.3 Å². The van der Waals surface area contributed by atoms with Crippen LogP contribution >= 0.6 is 0 Å². The van der Waals surface area contributed by atoms with E-state index in [1.165, 1.54) is 36.4 Å². The molecule has 0 aliphatic rings. The third-order valence-corrected chi connectivity index (χ3v) is 3.33. The maximum absolute atomic E-state index is 12.1. The molecule has 0 radical (unpaired) electrons. The molecule has 0 aromatic heterocycles. The Kier molecular flexibility index (Phi) is 7.62. The normalized spacial score (nSPS) is 10.7. The Bertz CT molecular complexity index is 900. The van der Waals surface area contributed by atoms with Gasteiger partial charge >= 0.3 is 18.4 Å². The van der Waals surface area contributed by atoms with E-state index in [1.807, 2.05) is 0 Å². The van der Waals surface area contributed by atoms with Crippen LogP contribution in [-0.4, -0.2) is 37.5 Å². The number of ether oxygens (including phenoxy) is 3. The first-order valence-electron chi connectivity index (χ1n) is 8.53. The van der Waals surface area contributed by atoms with E-state index in [9.17, 15) is 27.6 Å². The maximum atomic E-state index is 12.1. The molecule has 0 heterocycles. The molecule has 0 atom stereocenters. The highest BCUT2D eigenvalue weighted by Gasteiger charge is 2.30. The summed E-state index contributed by atoms with van der Waals surface area (Å²) in [4.78, 5) is 35.4. The van der Waals surface area contributed by atoms with Crippen molar-refractivity contribution in [2.24, 2.45) is 0 Å². The maximum Gasteiger partial charge on any atom is 0.573 e. The van der Waals surface area contributed by atoms with Crippen LogP contribution in [0, 0.1) is 0 Å². The molecule has 30 heavy (non-hydrogen) atoms. The molecule has 0 fully saturated rings. The van der Waals surface area contributed by atoms with Crippen LogP contribution < -0.4 is 15.4 Å². The van der Waals surface area contributed by atoms with Gasteiger partial charge in [-0.05, 0) is 49.4 Å². The van der Waals surface area contributed by atoms with Crippen molar-refractivity contribution >= 4 is 29.3 Å². The van der Waals surface area contributed by atoms with E-state index in [4.69, 9.17) is 9.47 Å². The van der Waals surface area contributed by atoms with Gasteiger partial charge in [-0.15, -0.1) is 13.2 Å². The van der Waals surface area contributed by atoms with Crippen LogP contribution in [0.1, 0.15) is 17.3 Å². The Morgan fingerprint density at radius 2 is 1.63 bits per heavy atom. The number of hydrogen-bond donors (Lipinski definition) is 2. The van der Waals surface area contributed by atoms with Crippen molar-refractivity contribution in [2.45, 2.75) is 13.3 Å². The largest absolute Gasteiger partial charge is 0.573 e. The number of esters is 1. The molecule has 2 aromatic carbocycles. The quantitative estimate of drug-likeness (QED) is 0.650. The molecule has 0 unspecified atom stereocenters. The number of hydrogen-bond acceptors (Lipinski definition) is 6. The van der Waals surface area contributed by atoms with Gasteiger partial charge in [0, 0.05) is 11.4 Å². The van der Waals surface area contributed by atoms with Crippen molar-refractivity contribution in [3.05, 3.63) is 54.1 Å². The number of amides is 2. The molecule has 0 saturated carbocycles. The van der Waals surface area contributed by atoms with Crippen LogP contribution in [0.5, 0.6) is 5.75 Å². The van der Waals surface area contributed by atoms with Crippen LogP contribution in [0.15, 0.2) is 48.5 Å². The molecule has 0 aliphatic heterocycles. The summed E-state index contributed by atoms with van der Waals surface area (Å²) in [7, 11) is 0. The molecule has 11 heteroatoms. The average molecular weight is 426 g/mol. The van der Waals surface area contributed by atoms with E-state index in [1.54, 1.807) is 6.92 Å². The zero-order valence-electron chi connectivity index (χ0n) is 15.6. The molecule has 2 amide bonds. The van der Waals surface area contributed by atoms with Crippen molar-refractivity contribution in [3.8, 4) is 5.75 Å². The van der Waals surface area contributed by atoms with Crippen LogP contribution in [0.3, 0.4) is 0 Å². The van der Waals surface area contributed by atoms with E-state index in [2.05, 4.69) is 15.4 Å². The van der Waals surface area contributed by atoms with Gasteiger partial charge in [0.05, 0.1) is 12.2 Å². The Morgan fingerprint density at radius 3 is 2.27 bits per heavy atom. The SMILES string of the molecule is CCOC(=O)Nc1cccc(C(=O)OCC(=O)Nc2ccc(OC(F)(F)F)cc2)c1. The minimum Gasteiger partial charge on any atom is -0.452 e. The van der Waals surface area contributed by atoms with Gasteiger partial charge in [-0.1, -0.05) is 6.07 Å². The standard InChI is InChI=1S/C19H17F3N2O6/c1-2-28-18(27)24-14-5-3-4-12(10-14)17(26)29-11-16(25)23-13-6-8-15(9-7-13)30-19(20,21)22/h3-10H,2,11H2,1H3,(H,23,25)(H,24,27). The molecule has 160 valence electrons. The van der Waals surface area contributed by atoms with Crippen LogP contribution in [0.4, 0.5) is 29.3 Å². The highest BCUT2D eigenvalue weighted by Crippen LogP contribution is 2.23. The molecular weight excluding hydrogens is 409 g/mol. The highest BCUT2D eigenvalue weighted by atomic mass is 19.4. The molecule has 0 aliphatic carbocycles. The number of halogens is 3. The second-order valence-electron chi connectivity index (χ2n) is 5.62. The number of nitrogens with one attached hydrogen (secondary N) is 2. The summed E-state index contributed by atoms with van der Waals surface area (Å²) in [5.74, 6) is -1.96. The zero-order valence-corrected chi connectivity index (χ0v) is 15.6. The lowest BCUT2D eigenvalue weighted by atomic mass is 10.2. The minimum atomic E-state index is -4.82. The van der Waals surface area contributed by atoms with Crippen molar-refractivity contribution in [1.82, 2.24) is 0 Å². The fraction of sp³-hybridized carbons (Fsp3) is 0.211. The third-order valence-electron chi connectivity index (χ3n) is 3.33. The molecule has 2 rings (SSSR count). The Hall–Kier alpha value is -3.76. The van der Waals surface area contributed by atoms with Gasteiger partial charge in [-0.25, -0.2) is 9.59 Å². The first-order chi connectivity index (χ1) is 14.2. The summed E-state index contributed by atoms with van der Waals surface area (Å²) in [5, 5.41) is 4.79. The Labute approximate surface area is 168 Å². The second kappa shape index (κ2) is 10.1. The number of benzene rings is 2. The first kappa shape index (κ1) is 22.5. The lowest BCUT2D eigenvalue weighted by Gasteiger charge is -2.10. The van der Waals surface area contributed by atoms with E-state index < -0.39 is 36.7 Å². The van der Waals surface area contributed by atoms with Crippen molar-refractivity contribution in [3.63, 3.8) is 0 Å². The minimum absolute atomic E-state index is 0.0887. The molecule has 0 saturated heterocycles. The lowest BCUT2D eigenvalue weighted by molar-refractivity contribution is -0.274. The Balaban J connectivity index is 1.86. The fourth-order valence-corrected chi connectivity index (χ4v) is 2.16. The molecule has 2 N–H and O–H groups in total. The molecular formula is C19H17F3N2O6. The molecule has 0 bridgehead atoms. The van der Waals surface area contributed by atoms with Gasteiger partial charge in [0.1, 0.15) is 5.75 Å². The second-order valence-corrected chi connectivity index (χ2v) is 5.62. The predicted octanol–water partition coefficient (Wildman–Crippen LogP) is 3.95.